The van der Waals surface area contributed by atoms with Crippen LogP contribution in [-0.2, 0) is 0 Å². The summed E-state index contributed by atoms with van der Waals surface area (Å²) < 4.78 is 0. The fourth-order valence-electron chi connectivity index (χ4n) is 2.26. The maximum absolute atomic E-state index is 12.5. The largest absolute Gasteiger partial charge is 0.382 e. The zero-order valence-electron chi connectivity index (χ0n) is 11.7. The molecule has 0 radical (unpaired) electrons. The molecular formula is C13H22N4OS. The van der Waals surface area contributed by atoms with Gasteiger partial charge in [0.2, 0.25) is 0 Å². The van der Waals surface area contributed by atoms with Crippen molar-refractivity contribution in [3.8, 4) is 0 Å². The number of thiazole rings is 1. The Morgan fingerprint density at radius 2 is 1.79 bits per heavy atom. The van der Waals surface area contributed by atoms with Crippen LogP contribution < -0.4 is 10.6 Å². The molecule has 19 heavy (non-hydrogen) atoms. The van der Waals surface area contributed by atoms with Crippen molar-refractivity contribution < 1.29 is 4.79 Å². The van der Waals surface area contributed by atoms with E-state index in [1.165, 1.54) is 30.6 Å². The summed E-state index contributed by atoms with van der Waals surface area (Å²) in [5.41, 5.74) is 5.88. The molecule has 0 atom stereocenters. The number of likely N-dealkylation sites (tertiary alicyclic amines) is 1. The lowest BCUT2D eigenvalue weighted by Gasteiger charge is -2.24. The van der Waals surface area contributed by atoms with E-state index >= 15 is 0 Å². The molecule has 1 aliphatic rings. The van der Waals surface area contributed by atoms with Crippen LogP contribution >= 0.6 is 11.3 Å². The van der Waals surface area contributed by atoms with Gasteiger partial charge in [0.25, 0.3) is 5.91 Å². The normalized spacial score (nSPS) is 16.8. The van der Waals surface area contributed by atoms with Gasteiger partial charge in [-0.3, -0.25) is 4.79 Å². The van der Waals surface area contributed by atoms with Gasteiger partial charge in [0.15, 0.2) is 5.13 Å². The Hall–Kier alpha value is -1.30. The quantitative estimate of drug-likeness (QED) is 0.903. The van der Waals surface area contributed by atoms with Crippen molar-refractivity contribution in [3.63, 3.8) is 0 Å². The van der Waals surface area contributed by atoms with E-state index in [0.717, 1.165) is 31.1 Å². The summed E-state index contributed by atoms with van der Waals surface area (Å²) in [6, 6.07) is 0. The number of hydrogen-bond donors (Lipinski definition) is 1. The van der Waals surface area contributed by atoms with Crippen molar-refractivity contribution in [1.29, 1.82) is 0 Å². The Bertz CT molecular complexity index is 436. The second kappa shape index (κ2) is 6.23. The van der Waals surface area contributed by atoms with E-state index in [-0.39, 0.29) is 5.91 Å². The molecule has 0 spiro atoms. The smallest absolute Gasteiger partial charge is 0.267 e. The van der Waals surface area contributed by atoms with Gasteiger partial charge in [0, 0.05) is 27.2 Å². The third kappa shape index (κ3) is 3.37. The van der Waals surface area contributed by atoms with Crippen molar-refractivity contribution in [2.45, 2.75) is 32.1 Å². The first kappa shape index (κ1) is 14.1. The van der Waals surface area contributed by atoms with Gasteiger partial charge in [0.1, 0.15) is 10.7 Å². The lowest BCUT2D eigenvalue weighted by Crippen LogP contribution is -2.33. The van der Waals surface area contributed by atoms with Crippen LogP contribution in [0.4, 0.5) is 10.9 Å². The molecule has 2 rings (SSSR count). The maximum atomic E-state index is 12.5. The lowest BCUT2D eigenvalue weighted by atomic mass is 10.1. The van der Waals surface area contributed by atoms with E-state index in [1.807, 2.05) is 23.9 Å². The molecule has 106 valence electrons. The van der Waals surface area contributed by atoms with Crippen LogP contribution in [0.15, 0.2) is 0 Å². The zero-order chi connectivity index (χ0) is 13.8. The highest BCUT2D eigenvalue weighted by atomic mass is 32.1. The maximum Gasteiger partial charge on any atom is 0.267 e. The van der Waals surface area contributed by atoms with Gasteiger partial charge in [-0.1, -0.05) is 30.6 Å². The van der Waals surface area contributed by atoms with Gasteiger partial charge in [-0.05, 0) is 12.8 Å². The predicted molar refractivity (Wildman–Crippen MR) is 79.8 cm³/mol. The van der Waals surface area contributed by atoms with Crippen molar-refractivity contribution in [2.24, 2.45) is 0 Å². The molecule has 2 heterocycles. The van der Waals surface area contributed by atoms with Gasteiger partial charge in [0.05, 0.1) is 0 Å². The summed E-state index contributed by atoms with van der Waals surface area (Å²) in [6.07, 6.45) is 5.89. The zero-order valence-corrected chi connectivity index (χ0v) is 12.5. The van der Waals surface area contributed by atoms with Crippen molar-refractivity contribution in [2.75, 3.05) is 37.8 Å². The van der Waals surface area contributed by atoms with Crippen molar-refractivity contribution >= 4 is 28.2 Å². The molecule has 1 aromatic heterocycles. The SMILES string of the molecule is CN(C)c1nc(N)c(C(=O)N2CCCCCCC2)s1. The molecule has 0 aliphatic carbocycles. The Kier molecular flexibility index (Phi) is 4.63. The van der Waals surface area contributed by atoms with Gasteiger partial charge >= 0.3 is 0 Å². The molecule has 1 aromatic rings. The molecule has 1 fully saturated rings. The van der Waals surface area contributed by atoms with E-state index in [9.17, 15) is 4.79 Å². The number of anilines is 2. The minimum Gasteiger partial charge on any atom is -0.382 e. The van der Waals surface area contributed by atoms with E-state index < -0.39 is 0 Å². The second-order valence-electron chi connectivity index (χ2n) is 5.17. The van der Waals surface area contributed by atoms with Crippen LogP contribution in [-0.4, -0.2) is 43.0 Å². The standard InChI is InChI=1S/C13H22N4OS/c1-16(2)13-15-11(14)10(19-13)12(18)17-8-6-4-3-5-7-9-17/h3-9,14H2,1-2H3. The van der Waals surface area contributed by atoms with Crippen LogP contribution in [0.3, 0.4) is 0 Å². The highest BCUT2D eigenvalue weighted by Crippen LogP contribution is 2.28. The fraction of sp³-hybridized carbons (Fsp3) is 0.692. The summed E-state index contributed by atoms with van der Waals surface area (Å²) in [7, 11) is 3.81. The van der Waals surface area contributed by atoms with Crippen LogP contribution in [0.25, 0.3) is 0 Å². The molecule has 0 unspecified atom stereocenters. The average molecular weight is 282 g/mol. The number of carbonyl (C=O) groups excluding carboxylic acids is 1. The van der Waals surface area contributed by atoms with Gasteiger partial charge in [-0.25, -0.2) is 4.98 Å². The Balaban J connectivity index is 2.13. The molecule has 0 saturated carbocycles. The molecule has 5 nitrogen and oxygen atoms in total. The monoisotopic (exact) mass is 282 g/mol. The van der Waals surface area contributed by atoms with Gasteiger partial charge in [-0.15, -0.1) is 0 Å². The molecule has 0 aromatic carbocycles. The minimum absolute atomic E-state index is 0.0463. The Labute approximate surface area is 118 Å². The van der Waals surface area contributed by atoms with Gasteiger partial charge in [-0.2, -0.15) is 0 Å². The van der Waals surface area contributed by atoms with Crippen LogP contribution in [0, 0.1) is 0 Å². The van der Waals surface area contributed by atoms with Crippen LogP contribution in [0.5, 0.6) is 0 Å². The summed E-state index contributed by atoms with van der Waals surface area (Å²) in [4.78, 5) is 21.2. The first-order valence-electron chi connectivity index (χ1n) is 6.82. The number of amides is 1. The number of carbonyl (C=O) groups is 1. The Morgan fingerprint density at radius 1 is 1.21 bits per heavy atom. The molecule has 6 heteroatoms. The average Bonchev–Trinajstić information content (AvgIpc) is 2.70. The fourth-order valence-corrected chi connectivity index (χ4v) is 3.13. The molecule has 1 amide bonds. The summed E-state index contributed by atoms with van der Waals surface area (Å²) in [6.45, 7) is 1.68. The van der Waals surface area contributed by atoms with Crippen molar-refractivity contribution in [3.05, 3.63) is 4.88 Å². The van der Waals surface area contributed by atoms with Crippen molar-refractivity contribution in [1.82, 2.24) is 9.88 Å². The summed E-state index contributed by atoms with van der Waals surface area (Å²) in [5.74, 6) is 0.408. The Morgan fingerprint density at radius 3 is 2.32 bits per heavy atom. The van der Waals surface area contributed by atoms with Crippen LogP contribution in [0.2, 0.25) is 0 Å². The highest BCUT2D eigenvalue weighted by Gasteiger charge is 2.22. The number of nitrogens with zero attached hydrogens (tertiary/aromatic N) is 3. The summed E-state index contributed by atoms with van der Waals surface area (Å²) in [5, 5.41) is 0.785. The molecule has 2 N–H and O–H groups in total. The van der Waals surface area contributed by atoms with E-state index in [4.69, 9.17) is 5.73 Å². The first-order chi connectivity index (χ1) is 9.09. The van der Waals surface area contributed by atoms with E-state index in [1.54, 1.807) is 0 Å². The van der Waals surface area contributed by atoms with E-state index in [0.29, 0.717) is 10.7 Å². The number of nitrogen functional groups attached to an aromatic ring is 1. The topological polar surface area (TPSA) is 62.5 Å². The molecule has 1 aliphatic heterocycles. The highest BCUT2D eigenvalue weighted by molar-refractivity contribution is 7.18. The third-order valence-electron chi connectivity index (χ3n) is 3.36. The number of nitrogens with two attached hydrogens (primary N) is 1. The van der Waals surface area contributed by atoms with Crippen LogP contribution in [0.1, 0.15) is 41.8 Å². The lowest BCUT2D eigenvalue weighted by molar-refractivity contribution is 0.0748. The van der Waals surface area contributed by atoms with E-state index in [2.05, 4.69) is 4.98 Å². The molecule has 1 saturated heterocycles. The van der Waals surface area contributed by atoms with Gasteiger partial charge < -0.3 is 15.5 Å². The molecule has 0 bridgehead atoms. The predicted octanol–water partition coefficient (Wildman–Crippen LogP) is 2.20. The summed E-state index contributed by atoms with van der Waals surface area (Å²) >= 11 is 1.38. The number of rotatable bonds is 2. The number of aromatic nitrogens is 1. The molecular weight excluding hydrogens is 260 g/mol. The minimum atomic E-state index is 0.0463. The number of hydrogen-bond acceptors (Lipinski definition) is 5. The first-order valence-corrected chi connectivity index (χ1v) is 7.64. The third-order valence-corrected chi connectivity index (χ3v) is 4.59. The second-order valence-corrected chi connectivity index (χ2v) is 6.14.